The van der Waals surface area contributed by atoms with Crippen molar-refractivity contribution in [1.82, 2.24) is 0 Å². The highest BCUT2D eigenvalue weighted by Crippen LogP contribution is 2.16. The van der Waals surface area contributed by atoms with Gasteiger partial charge in [-0.1, -0.05) is 13.3 Å². The third-order valence-electron chi connectivity index (χ3n) is 2.14. The predicted molar refractivity (Wildman–Crippen MR) is 69.4 cm³/mol. The van der Waals surface area contributed by atoms with Crippen LogP contribution in [-0.4, -0.2) is 29.3 Å². The summed E-state index contributed by atoms with van der Waals surface area (Å²) in [5, 5.41) is 8.46. The minimum absolute atomic E-state index is 0.151. The fourth-order valence-electron chi connectivity index (χ4n) is 1.37. The zero-order chi connectivity index (χ0) is 14.9. The molecule has 0 fully saturated rings. The molecule has 0 aromatic rings. The van der Waals surface area contributed by atoms with Crippen LogP contribution in [0, 0.1) is 0 Å². The van der Waals surface area contributed by atoms with Crippen molar-refractivity contribution in [3.05, 3.63) is 12.3 Å². The summed E-state index contributed by atoms with van der Waals surface area (Å²) in [5.41, 5.74) is -0.342. The van der Waals surface area contributed by atoms with Crippen molar-refractivity contribution in [3.63, 3.8) is 0 Å². The van der Waals surface area contributed by atoms with Crippen molar-refractivity contribution in [2.45, 2.75) is 58.8 Å². The molecule has 0 saturated heterocycles. The van der Waals surface area contributed by atoms with Gasteiger partial charge in [0.05, 0.1) is 6.61 Å². The molecule has 112 valence electrons. The van der Waals surface area contributed by atoms with Crippen molar-refractivity contribution >= 4 is 6.16 Å². The van der Waals surface area contributed by atoms with Gasteiger partial charge in [0, 0.05) is 13.8 Å². The molecule has 0 rings (SSSR count). The highest BCUT2D eigenvalue weighted by Gasteiger charge is 2.22. The van der Waals surface area contributed by atoms with Crippen LogP contribution in [0.25, 0.3) is 0 Å². The molecule has 0 atom stereocenters. The second-order valence-electron chi connectivity index (χ2n) is 5.14. The van der Waals surface area contributed by atoms with Crippen molar-refractivity contribution in [3.8, 4) is 0 Å². The van der Waals surface area contributed by atoms with Crippen LogP contribution in [0.5, 0.6) is 0 Å². The molecule has 0 aromatic carbocycles. The highest BCUT2D eigenvalue weighted by molar-refractivity contribution is 5.57. The van der Waals surface area contributed by atoms with Crippen molar-refractivity contribution in [1.29, 1.82) is 0 Å². The molecule has 0 aliphatic rings. The Kier molecular flexibility index (Phi) is 7.48. The molecule has 0 aliphatic heterocycles. The number of ether oxygens (including phenoxy) is 2. The fourth-order valence-corrected chi connectivity index (χ4v) is 1.37. The lowest BCUT2D eigenvalue weighted by atomic mass is 10.0. The molecule has 0 aromatic heterocycles. The number of hydrogen-bond acceptors (Lipinski definition) is 5. The lowest BCUT2D eigenvalue weighted by Crippen LogP contribution is -2.30. The maximum atomic E-state index is 10.4. The fraction of sp³-hybridized carbons (Fsp3) is 0.769. The van der Waals surface area contributed by atoms with E-state index >= 15 is 0 Å². The summed E-state index contributed by atoms with van der Waals surface area (Å²) in [6.07, 6.45) is 3.43. The molecule has 0 spiro atoms. The Morgan fingerprint density at radius 3 is 2.42 bits per heavy atom. The molecule has 6 nitrogen and oxygen atoms in total. The van der Waals surface area contributed by atoms with Crippen molar-refractivity contribution < 1.29 is 29.1 Å². The molecular weight excluding hydrogens is 252 g/mol. The van der Waals surface area contributed by atoms with Crippen LogP contribution in [0.4, 0.5) is 4.79 Å². The maximum absolute atomic E-state index is 10.4. The van der Waals surface area contributed by atoms with E-state index in [-0.39, 0.29) is 12.2 Å². The van der Waals surface area contributed by atoms with Gasteiger partial charge >= 0.3 is 6.16 Å². The van der Waals surface area contributed by atoms with E-state index in [1.807, 2.05) is 13.8 Å². The predicted octanol–water partition coefficient (Wildman–Crippen LogP) is 3.47. The first-order valence-electron chi connectivity index (χ1n) is 6.24. The van der Waals surface area contributed by atoms with Crippen LogP contribution in [0.3, 0.4) is 0 Å². The molecule has 0 unspecified atom stereocenters. The molecule has 0 radical (unpaired) electrons. The number of hydrogen-bond donors (Lipinski definition) is 1. The quantitative estimate of drug-likeness (QED) is 0.228. The number of carbonyl (C=O) groups is 1. The van der Waals surface area contributed by atoms with Crippen molar-refractivity contribution in [2.75, 3.05) is 6.61 Å². The average Bonchev–Trinajstić information content (AvgIpc) is 2.21. The van der Waals surface area contributed by atoms with Gasteiger partial charge in [0.15, 0.2) is 0 Å². The molecule has 0 bridgehead atoms. The molecule has 6 heteroatoms. The second-order valence-corrected chi connectivity index (χ2v) is 5.14. The number of rotatable bonds is 9. The minimum Gasteiger partial charge on any atom is -0.450 e. The molecule has 0 saturated carbocycles. The van der Waals surface area contributed by atoms with Crippen LogP contribution in [0.1, 0.15) is 47.5 Å². The Hall–Kier alpha value is -1.27. The molecule has 0 heterocycles. The Labute approximate surface area is 114 Å². The van der Waals surface area contributed by atoms with Crippen LogP contribution < -0.4 is 0 Å². The Bertz CT molecular complexity index is 296. The average molecular weight is 276 g/mol. The minimum atomic E-state index is -1.38. The smallest absolute Gasteiger partial charge is 0.450 e. The van der Waals surface area contributed by atoms with Gasteiger partial charge in [-0.3, -0.25) is 0 Å². The van der Waals surface area contributed by atoms with Gasteiger partial charge in [0.2, 0.25) is 5.79 Å². The van der Waals surface area contributed by atoms with Gasteiger partial charge < -0.3 is 19.5 Å². The zero-order valence-electron chi connectivity index (χ0n) is 12.3. The van der Waals surface area contributed by atoms with Gasteiger partial charge in [-0.15, -0.1) is 0 Å². The molecule has 0 amide bonds. The van der Waals surface area contributed by atoms with E-state index in [4.69, 9.17) is 19.6 Å². The Morgan fingerprint density at radius 1 is 1.26 bits per heavy atom. The first kappa shape index (κ1) is 17.7. The van der Waals surface area contributed by atoms with E-state index in [0.29, 0.717) is 0 Å². The van der Waals surface area contributed by atoms with Crippen LogP contribution >= 0.6 is 0 Å². The van der Waals surface area contributed by atoms with Crippen LogP contribution in [0.15, 0.2) is 12.3 Å². The summed E-state index contributed by atoms with van der Waals surface area (Å²) in [4.78, 5) is 20.5. The summed E-state index contributed by atoms with van der Waals surface area (Å²) in [6.45, 7) is 9.11. The zero-order valence-corrected chi connectivity index (χ0v) is 12.3. The van der Waals surface area contributed by atoms with E-state index in [0.717, 1.165) is 12.8 Å². The SMILES string of the molecule is CCCC(C)(C)OOC=CCOC(C)(C)OC(=O)O. The number of carboxylic acid groups (broad SMARTS) is 1. The topological polar surface area (TPSA) is 74.2 Å². The van der Waals surface area contributed by atoms with Crippen molar-refractivity contribution in [2.24, 2.45) is 0 Å². The maximum Gasteiger partial charge on any atom is 0.508 e. The summed E-state index contributed by atoms with van der Waals surface area (Å²) in [5.74, 6) is -1.20. The summed E-state index contributed by atoms with van der Waals surface area (Å²) >= 11 is 0. The monoisotopic (exact) mass is 276 g/mol. The molecule has 19 heavy (non-hydrogen) atoms. The largest absolute Gasteiger partial charge is 0.508 e. The van der Waals surface area contributed by atoms with E-state index in [2.05, 4.69) is 11.7 Å². The van der Waals surface area contributed by atoms with Gasteiger partial charge in [-0.25, -0.2) is 4.79 Å². The van der Waals surface area contributed by atoms with Crippen LogP contribution in [0.2, 0.25) is 0 Å². The third-order valence-corrected chi connectivity index (χ3v) is 2.14. The van der Waals surface area contributed by atoms with Gasteiger partial charge in [-0.2, -0.15) is 4.89 Å². The van der Waals surface area contributed by atoms with E-state index in [1.165, 1.54) is 20.1 Å². The Balaban J connectivity index is 3.84. The molecule has 1 N–H and O–H groups in total. The standard InChI is InChI=1S/C13H24O6/c1-6-8-12(2,3)19-17-10-7-9-16-13(4,5)18-11(14)15/h7,10H,6,8-9H2,1-5H3,(H,14,15). The van der Waals surface area contributed by atoms with E-state index in [1.54, 1.807) is 6.08 Å². The van der Waals surface area contributed by atoms with E-state index in [9.17, 15) is 4.79 Å². The lowest BCUT2D eigenvalue weighted by Gasteiger charge is -2.23. The normalized spacial score (nSPS) is 12.7. The molecule has 0 aliphatic carbocycles. The van der Waals surface area contributed by atoms with Gasteiger partial charge in [0.1, 0.15) is 11.9 Å². The van der Waals surface area contributed by atoms with Gasteiger partial charge in [-0.05, 0) is 26.3 Å². The van der Waals surface area contributed by atoms with Crippen LogP contribution in [-0.2, 0) is 19.2 Å². The summed E-state index contributed by atoms with van der Waals surface area (Å²) in [6, 6.07) is 0. The van der Waals surface area contributed by atoms with E-state index < -0.39 is 11.9 Å². The molecular formula is C13H24O6. The Morgan fingerprint density at radius 2 is 1.89 bits per heavy atom. The second kappa shape index (κ2) is 8.01. The lowest BCUT2D eigenvalue weighted by molar-refractivity contribution is -0.317. The highest BCUT2D eigenvalue weighted by atomic mass is 17.2. The first-order valence-corrected chi connectivity index (χ1v) is 6.24. The summed E-state index contributed by atoms with van der Waals surface area (Å²) in [7, 11) is 0. The van der Waals surface area contributed by atoms with Gasteiger partial charge in [0.25, 0.3) is 0 Å². The first-order chi connectivity index (χ1) is 8.68. The third kappa shape index (κ3) is 10.3. The summed E-state index contributed by atoms with van der Waals surface area (Å²) < 4.78 is 9.71.